The van der Waals surface area contributed by atoms with E-state index in [-0.39, 0.29) is 0 Å². The first-order chi connectivity index (χ1) is 8.61. The molecule has 0 atom stereocenters. The van der Waals surface area contributed by atoms with E-state index >= 15 is 0 Å². The molecule has 1 aromatic heterocycles. The predicted molar refractivity (Wildman–Crippen MR) is 76.1 cm³/mol. The topological polar surface area (TPSA) is 29.9 Å². The van der Waals surface area contributed by atoms with Gasteiger partial charge in [0.1, 0.15) is 0 Å². The van der Waals surface area contributed by atoms with Crippen molar-refractivity contribution >= 4 is 17.3 Å². The number of anilines is 1. The first kappa shape index (κ1) is 13.0. The Hall–Kier alpha value is -1.48. The zero-order valence-electron chi connectivity index (χ0n) is 11.0. The Morgan fingerprint density at radius 2 is 2.17 bits per heavy atom. The average Bonchev–Trinajstić information content (AvgIpc) is 2.62. The van der Waals surface area contributed by atoms with Crippen molar-refractivity contribution in [1.82, 2.24) is 9.78 Å². The molecule has 96 valence electrons. The third-order valence-electron chi connectivity index (χ3n) is 2.98. The van der Waals surface area contributed by atoms with Gasteiger partial charge in [-0.25, -0.2) is 0 Å². The summed E-state index contributed by atoms with van der Waals surface area (Å²) in [6.45, 7) is 4.83. The van der Waals surface area contributed by atoms with Crippen LogP contribution >= 0.6 is 11.6 Å². The minimum atomic E-state index is 0.686. The molecule has 0 fully saturated rings. The number of hydrogen-bond acceptors (Lipinski definition) is 2. The van der Waals surface area contributed by atoms with Gasteiger partial charge in [-0.05, 0) is 31.0 Å². The molecular formula is C14H18ClN3. The number of nitrogens with one attached hydrogen (secondary N) is 1. The van der Waals surface area contributed by atoms with E-state index < -0.39 is 0 Å². The maximum atomic E-state index is 6.30. The van der Waals surface area contributed by atoms with Gasteiger partial charge in [0.25, 0.3) is 0 Å². The molecule has 3 nitrogen and oxygen atoms in total. The molecule has 0 spiro atoms. The number of aromatic nitrogens is 2. The second kappa shape index (κ2) is 5.44. The third kappa shape index (κ3) is 2.67. The Morgan fingerprint density at radius 1 is 1.39 bits per heavy atom. The maximum Gasteiger partial charge on any atom is 0.0868 e. The number of benzene rings is 1. The van der Waals surface area contributed by atoms with Crippen molar-refractivity contribution in [2.75, 3.05) is 5.32 Å². The van der Waals surface area contributed by atoms with Gasteiger partial charge >= 0.3 is 0 Å². The van der Waals surface area contributed by atoms with Crippen molar-refractivity contribution in [2.24, 2.45) is 7.05 Å². The summed E-state index contributed by atoms with van der Waals surface area (Å²) in [4.78, 5) is 0. The molecular weight excluding hydrogens is 246 g/mol. The molecule has 0 saturated heterocycles. The number of aryl methyl sites for hydroxylation is 3. The third-order valence-corrected chi connectivity index (χ3v) is 3.42. The molecule has 1 aromatic carbocycles. The van der Waals surface area contributed by atoms with Crippen LogP contribution in [0.1, 0.15) is 23.9 Å². The summed E-state index contributed by atoms with van der Waals surface area (Å²) >= 11 is 6.30. The largest absolute Gasteiger partial charge is 0.379 e. The van der Waals surface area contributed by atoms with E-state index in [9.17, 15) is 0 Å². The van der Waals surface area contributed by atoms with Gasteiger partial charge in [0.05, 0.1) is 23.0 Å². The molecule has 0 unspecified atom stereocenters. The van der Waals surface area contributed by atoms with Crippen molar-refractivity contribution in [1.29, 1.82) is 0 Å². The summed E-state index contributed by atoms with van der Waals surface area (Å²) in [7, 11) is 1.93. The standard InChI is InChI=1S/C14H18ClN3/c1-4-12-14(15)13(18(3)17-12)9-16-11-7-5-6-10(2)8-11/h5-8,16H,4,9H2,1-3H3. The van der Waals surface area contributed by atoms with Crippen LogP contribution in [-0.4, -0.2) is 9.78 Å². The molecule has 1 N–H and O–H groups in total. The summed E-state index contributed by atoms with van der Waals surface area (Å²) in [6, 6.07) is 8.29. The van der Waals surface area contributed by atoms with E-state index in [0.717, 1.165) is 28.5 Å². The SMILES string of the molecule is CCc1nn(C)c(CNc2cccc(C)c2)c1Cl. The minimum Gasteiger partial charge on any atom is -0.379 e. The van der Waals surface area contributed by atoms with Crippen molar-refractivity contribution in [3.05, 3.63) is 46.2 Å². The fourth-order valence-corrected chi connectivity index (χ4v) is 2.31. The Balaban J connectivity index is 2.13. The highest BCUT2D eigenvalue weighted by Gasteiger charge is 2.12. The Bertz CT molecular complexity index is 546. The highest BCUT2D eigenvalue weighted by Crippen LogP contribution is 2.22. The monoisotopic (exact) mass is 263 g/mol. The van der Waals surface area contributed by atoms with E-state index in [2.05, 4.69) is 42.5 Å². The first-order valence-corrected chi connectivity index (χ1v) is 6.50. The van der Waals surface area contributed by atoms with Crippen LogP contribution in [0.15, 0.2) is 24.3 Å². The lowest BCUT2D eigenvalue weighted by molar-refractivity contribution is 0.707. The van der Waals surface area contributed by atoms with Gasteiger partial charge in [0.15, 0.2) is 0 Å². The fourth-order valence-electron chi connectivity index (χ4n) is 1.95. The summed E-state index contributed by atoms with van der Waals surface area (Å²) in [6.07, 6.45) is 0.858. The van der Waals surface area contributed by atoms with Gasteiger partial charge in [0.2, 0.25) is 0 Å². The molecule has 1 heterocycles. The van der Waals surface area contributed by atoms with Crippen LogP contribution in [0.25, 0.3) is 0 Å². The molecule has 0 bridgehead atoms. The van der Waals surface area contributed by atoms with Crippen molar-refractivity contribution in [3.8, 4) is 0 Å². The molecule has 0 saturated carbocycles. The molecule has 4 heteroatoms. The molecule has 0 aliphatic rings. The highest BCUT2D eigenvalue weighted by molar-refractivity contribution is 6.31. The lowest BCUT2D eigenvalue weighted by atomic mass is 10.2. The quantitative estimate of drug-likeness (QED) is 0.914. The van der Waals surface area contributed by atoms with Gasteiger partial charge in [-0.15, -0.1) is 0 Å². The van der Waals surface area contributed by atoms with E-state index in [1.807, 2.05) is 17.8 Å². The van der Waals surface area contributed by atoms with E-state index in [1.54, 1.807) is 0 Å². The molecule has 2 aromatic rings. The molecule has 0 aliphatic carbocycles. The van der Waals surface area contributed by atoms with Gasteiger partial charge in [-0.2, -0.15) is 5.10 Å². The molecule has 18 heavy (non-hydrogen) atoms. The van der Waals surface area contributed by atoms with Crippen LogP contribution in [0.5, 0.6) is 0 Å². The van der Waals surface area contributed by atoms with Crippen molar-refractivity contribution < 1.29 is 0 Å². The Morgan fingerprint density at radius 3 is 2.78 bits per heavy atom. The smallest absolute Gasteiger partial charge is 0.0868 e. The van der Waals surface area contributed by atoms with Gasteiger partial charge < -0.3 is 5.32 Å². The Labute approximate surface area is 113 Å². The summed E-state index contributed by atoms with van der Waals surface area (Å²) in [5.74, 6) is 0. The number of nitrogens with zero attached hydrogens (tertiary/aromatic N) is 2. The summed E-state index contributed by atoms with van der Waals surface area (Å²) in [5, 5.41) is 8.56. The van der Waals surface area contributed by atoms with Crippen LogP contribution < -0.4 is 5.32 Å². The van der Waals surface area contributed by atoms with Gasteiger partial charge in [0, 0.05) is 12.7 Å². The van der Waals surface area contributed by atoms with Crippen LogP contribution in [0.3, 0.4) is 0 Å². The van der Waals surface area contributed by atoms with Crippen LogP contribution in [0.4, 0.5) is 5.69 Å². The zero-order valence-corrected chi connectivity index (χ0v) is 11.8. The lowest BCUT2D eigenvalue weighted by Crippen LogP contribution is -2.05. The normalized spacial score (nSPS) is 10.7. The van der Waals surface area contributed by atoms with Crippen LogP contribution in [0.2, 0.25) is 5.02 Å². The summed E-state index contributed by atoms with van der Waals surface area (Å²) in [5.41, 5.74) is 4.32. The van der Waals surface area contributed by atoms with E-state index in [0.29, 0.717) is 6.54 Å². The number of halogens is 1. The highest BCUT2D eigenvalue weighted by atomic mass is 35.5. The first-order valence-electron chi connectivity index (χ1n) is 6.12. The Kier molecular flexibility index (Phi) is 3.92. The molecule has 0 radical (unpaired) electrons. The van der Waals surface area contributed by atoms with E-state index in [1.165, 1.54) is 5.56 Å². The second-order valence-electron chi connectivity index (χ2n) is 4.41. The van der Waals surface area contributed by atoms with Crippen molar-refractivity contribution in [3.63, 3.8) is 0 Å². The fraction of sp³-hybridized carbons (Fsp3) is 0.357. The number of rotatable bonds is 4. The molecule has 0 aliphatic heterocycles. The minimum absolute atomic E-state index is 0.686. The van der Waals surface area contributed by atoms with Crippen LogP contribution in [-0.2, 0) is 20.0 Å². The van der Waals surface area contributed by atoms with E-state index in [4.69, 9.17) is 11.6 Å². The number of hydrogen-bond donors (Lipinski definition) is 1. The van der Waals surface area contributed by atoms with Crippen molar-refractivity contribution in [2.45, 2.75) is 26.8 Å². The molecule has 0 amide bonds. The second-order valence-corrected chi connectivity index (χ2v) is 4.79. The van der Waals surface area contributed by atoms with Crippen LogP contribution in [0, 0.1) is 6.92 Å². The van der Waals surface area contributed by atoms with Gasteiger partial charge in [-0.3, -0.25) is 4.68 Å². The summed E-state index contributed by atoms with van der Waals surface area (Å²) < 4.78 is 1.85. The zero-order chi connectivity index (χ0) is 13.1. The van der Waals surface area contributed by atoms with Gasteiger partial charge in [-0.1, -0.05) is 30.7 Å². The lowest BCUT2D eigenvalue weighted by Gasteiger charge is -2.08. The average molecular weight is 264 g/mol. The predicted octanol–water partition coefficient (Wildman–Crippen LogP) is 3.56. The maximum absolute atomic E-state index is 6.30. The molecule has 2 rings (SSSR count).